The van der Waals surface area contributed by atoms with Gasteiger partial charge in [-0.1, -0.05) is 37.6 Å². The predicted octanol–water partition coefficient (Wildman–Crippen LogP) is 4.67. The molecule has 28 heavy (non-hydrogen) atoms. The van der Waals surface area contributed by atoms with E-state index < -0.39 is 18.2 Å². The van der Waals surface area contributed by atoms with Gasteiger partial charge in [-0.25, -0.2) is 9.59 Å². The van der Waals surface area contributed by atoms with E-state index in [4.69, 9.17) is 26.8 Å². The summed E-state index contributed by atoms with van der Waals surface area (Å²) in [5, 5.41) is 0. The molecule has 1 aromatic carbocycles. The number of carbonyl (C=O) groups is 2. The lowest BCUT2D eigenvalue weighted by Crippen LogP contribution is -2.42. The summed E-state index contributed by atoms with van der Waals surface area (Å²) in [7, 11) is 1.31. The van der Waals surface area contributed by atoms with Gasteiger partial charge in [-0.2, -0.15) is 0 Å². The maximum absolute atomic E-state index is 12.3. The number of hydrogen-bond donors (Lipinski definition) is 1. The highest BCUT2D eigenvalue weighted by Gasteiger charge is 2.24. The topological polar surface area (TPSA) is 81.9 Å². The molecule has 152 valence electrons. The van der Waals surface area contributed by atoms with Gasteiger partial charge in [0.15, 0.2) is 0 Å². The highest BCUT2D eigenvalue weighted by atomic mass is 35.5. The lowest BCUT2D eigenvalue weighted by molar-refractivity contribution is 0.0338. The van der Waals surface area contributed by atoms with E-state index in [9.17, 15) is 9.59 Å². The van der Waals surface area contributed by atoms with Crippen LogP contribution >= 0.6 is 22.9 Å². The van der Waals surface area contributed by atoms with E-state index in [0.717, 1.165) is 17.8 Å². The van der Waals surface area contributed by atoms with Crippen molar-refractivity contribution in [2.24, 2.45) is 5.73 Å². The third-order valence-corrected chi connectivity index (χ3v) is 5.69. The number of methoxy groups -OCH3 is 1. The third kappa shape index (κ3) is 5.70. The van der Waals surface area contributed by atoms with E-state index in [-0.39, 0.29) is 13.1 Å². The first-order valence-electron chi connectivity index (χ1n) is 9.01. The van der Waals surface area contributed by atoms with Crippen molar-refractivity contribution in [1.29, 1.82) is 0 Å². The summed E-state index contributed by atoms with van der Waals surface area (Å²) in [6.07, 6.45) is -0.218. The zero-order chi connectivity index (χ0) is 20.7. The third-order valence-electron chi connectivity index (χ3n) is 4.48. The number of esters is 1. The predicted molar refractivity (Wildman–Crippen MR) is 112 cm³/mol. The largest absolute Gasteiger partial charge is 0.455 e. The second-order valence-corrected chi connectivity index (χ2v) is 8.06. The Balaban J connectivity index is 2.15. The molecule has 0 spiro atoms. The van der Waals surface area contributed by atoms with Crippen molar-refractivity contribution < 1.29 is 19.1 Å². The molecule has 0 aliphatic heterocycles. The molecule has 0 bridgehead atoms. The Labute approximate surface area is 174 Å². The molecule has 2 atom stereocenters. The minimum absolute atomic E-state index is 0.0588. The summed E-state index contributed by atoms with van der Waals surface area (Å²) in [5.41, 5.74) is 7.61. The maximum atomic E-state index is 12.3. The zero-order valence-corrected chi connectivity index (χ0v) is 17.8. The smallest absolute Gasteiger partial charge is 0.414 e. The minimum Gasteiger partial charge on any atom is -0.455 e. The van der Waals surface area contributed by atoms with Crippen LogP contribution in [0.5, 0.6) is 0 Å². The Morgan fingerprint density at radius 3 is 2.39 bits per heavy atom. The maximum Gasteiger partial charge on any atom is 0.414 e. The van der Waals surface area contributed by atoms with Crippen LogP contribution in [0, 0.1) is 0 Å². The zero-order valence-electron chi connectivity index (χ0n) is 16.2. The Morgan fingerprint density at radius 2 is 1.89 bits per heavy atom. The van der Waals surface area contributed by atoms with Gasteiger partial charge in [-0.15, -0.1) is 11.3 Å². The molecular weight excluding hydrogens is 400 g/mol. The van der Waals surface area contributed by atoms with Crippen molar-refractivity contribution in [2.45, 2.75) is 32.3 Å². The normalized spacial score (nSPS) is 12.9. The SMILES string of the molecule is CCC(C)c1ccc(N(CC(CN)OC(=O)c2ccc(Cl)s2)C(=O)OC)cc1. The molecule has 2 N–H and O–H groups in total. The van der Waals surface area contributed by atoms with Crippen molar-refractivity contribution in [3.8, 4) is 0 Å². The first-order chi connectivity index (χ1) is 13.4. The summed E-state index contributed by atoms with van der Waals surface area (Å²) >= 11 is 6.99. The first kappa shape index (κ1) is 22.2. The van der Waals surface area contributed by atoms with Gasteiger partial charge in [-0.05, 0) is 42.2 Å². The Hall–Kier alpha value is -2.09. The molecule has 1 amide bonds. The number of thiophene rings is 1. The van der Waals surface area contributed by atoms with Crippen molar-refractivity contribution in [1.82, 2.24) is 0 Å². The van der Waals surface area contributed by atoms with Crippen molar-refractivity contribution in [3.63, 3.8) is 0 Å². The van der Waals surface area contributed by atoms with Crippen LogP contribution in [0.4, 0.5) is 10.5 Å². The molecule has 0 aliphatic rings. The number of hydrogen-bond acceptors (Lipinski definition) is 6. The number of carbonyl (C=O) groups excluding carboxylic acids is 2. The van der Waals surface area contributed by atoms with Gasteiger partial charge < -0.3 is 15.2 Å². The molecule has 0 radical (unpaired) electrons. The molecule has 0 aliphatic carbocycles. The minimum atomic E-state index is -0.693. The van der Waals surface area contributed by atoms with E-state index in [1.54, 1.807) is 12.1 Å². The van der Waals surface area contributed by atoms with Gasteiger partial charge in [0.05, 0.1) is 18.0 Å². The monoisotopic (exact) mass is 424 g/mol. The average Bonchev–Trinajstić information content (AvgIpc) is 3.16. The molecule has 8 heteroatoms. The van der Waals surface area contributed by atoms with Crippen LogP contribution in [0.2, 0.25) is 4.34 Å². The number of nitrogens with zero attached hydrogens (tertiary/aromatic N) is 1. The second kappa shape index (κ2) is 10.5. The number of benzene rings is 1. The first-order valence-corrected chi connectivity index (χ1v) is 10.2. The van der Waals surface area contributed by atoms with Crippen molar-refractivity contribution >= 4 is 40.7 Å². The summed E-state index contributed by atoms with van der Waals surface area (Å²) in [6.45, 7) is 4.41. The fourth-order valence-corrected chi connectivity index (χ4v) is 3.54. The molecule has 2 unspecified atom stereocenters. The molecule has 1 heterocycles. The van der Waals surface area contributed by atoms with Gasteiger partial charge in [0, 0.05) is 12.2 Å². The van der Waals surface area contributed by atoms with Gasteiger partial charge >= 0.3 is 12.1 Å². The number of amides is 1. The number of nitrogens with two attached hydrogens (primary N) is 1. The number of anilines is 1. The lowest BCUT2D eigenvalue weighted by atomic mass is 9.98. The fraction of sp³-hybridized carbons (Fsp3) is 0.400. The van der Waals surface area contributed by atoms with Gasteiger partial charge in [0.2, 0.25) is 0 Å². The molecule has 6 nitrogen and oxygen atoms in total. The lowest BCUT2D eigenvalue weighted by Gasteiger charge is -2.26. The van der Waals surface area contributed by atoms with Crippen LogP contribution in [0.3, 0.4) is 0 Å². The summed E-state index contributed by atoms with van der Waals surface area (Å²) < 4.78 is 10.9. The highest BCUT2D eigenvalue weighted by molar-refractivity contribution is 7.17. The van der Waals surface area contributed by atoms with Gasteiger partial charge in [0.25, 0.3) is 0 Å². The number of rotatable bonds is 8. The number of ether oxygens (including phenoxy) is 2. The quantitative estimate of drug-likeness (QED) is 0.622. The molecular formula is C20H25ClN2O4S. The standard InChI is InChI=1S/C20H25ClN2O4S/c1-4-13(2)14-5-7-15(8-6-14)23(20(25)26-3)12-16(11-22)27-19(24)17-9-10-18(21)28-17/h5-10,13,16H,4,11-12,22H2,1-3H3. The Morgan fingerprint density at radius 1 is 1.21 bits per heavy atom. The molecule has 0 fully saturated rings. The van der Waals surface area contributed by atoms with Crippen LogP contribution in [-0.4, -0.2) is 38.4 Å². The number of halogens is 1. The summed E-state index contributed by atoms with van der Waals surface area (Å²) in [6, 6.07) is 10.9. The molecule has 0 saturated carbocycles. The molecule has 1 aromatic heterocycles. The van der Waals surface area contributed by atoms with Crippen LogP contribution in [-0.2, 0) is 9.47 Å². The van der Waals surface area contributed by atoms with Crippen LogP contribution in [0.15, 0.2) is 36.4 Å². The van der Waals surface area contributed by atoms with Crippen LogP contribution in [0.25, 0.3) is 0 Å². The van der Waals surface area contributed by atoms with Crippen molar-refractivity contribution in [2.75, 3.05) is 25.1 Å². The Bertz CT molecular complexity index is 794. The second-order valence-electron chi connectivity index (χ2n) is 6.35. The van der Waals surface area contributed by atoms with E-state index in [1.807, 2.05) is 24.3 Å². The summed E-state index contributed by atoms with van der Waals surface area (Å²) in [4.78, 5) is 26.4. The van der Waals surface area contributed by atoms with Crippen LogP contribution < -0.4 is 10.6 Å². The van der Waals surface area contributed by atoms with E-state index in [0.29, 0.717) is 20.8 Å². The van der Waals surface area contributed by atoms with Crippen molar-refractivity contribution in [3.05, 3.63) is 51.2 Å². The van der Waals surface area contributed by atoms with Gasteiger partial charge in [0.1, 0.15) is 11.0 Å². The average molecular weight is 425 g/mol. The van der Waals surface area contributed by atoms with Gasteiger partial charge in [-0.3, -0.25) is 4.90 Å². The molecule has 2 aromatic rings. The van der Waals surface area contributed by atoms with Crippen LogP contribution in [0.1, 0.15) is 41.4 Å². The molecule has 2 rings (SSSR count). The van der Waals surface area contributed by atoms with E-state index in [1.165, 1.54) is 17.6 Å². The van der Waals surface area contributed by atoms with E-state index in [2.05, 4.69) is 13.8 Å². The Kier molecular flexibility index (Phi) is 8.29. The molecule has 0 saturated heterocycles. The fourth-order valence-electron chi connectivity index (χ4n) is 2.61. The highest BCUT2D eigenvalue weighted by Crippen LogP contribution is 2.25. The van der Waals surface area contributed by atoms with E-state index >= 15 is 0 Å². The summed E-state index contributed by atoms with van der Waals surface area (Å²) in [5.74, 6) is -0.0970.